The predicted molar refractivity (Wildman–Crippen MR) is 152 cm³/mol. The maximum absolute atomic E-state index is 12.4. The number of allylic oxidation sites excluding steroid dienone is 2. The van der Waals surface area contributed by atoms with Gasteiger partial charge >= 0.3 is 5.97 Å². The predicted octanol–water partition coefficient (Wildman–Crippen LogP) is 9.54. The zero-order valence-corrected chi connectivity index (χ0v) is 24.7. The molecule has 3 saturated carbocycles. The Balaban J connectivity index is 1.39. The molecule has 0 heterocycles. The van der Waals surface area contributed by atoms with Crippen molar-refractivity contribution in [3.63, 3.8) is 0 Å². The van der Waals surface area contributed by atoms with Crippen LogP contribution in [-0.2, 0) is 9.53 Å². The number of hydrogen-bond acceptors (Lipinski definition) is 2. The Hall–Kier alpha value is -1.05. The van der Waals surface area contributed by atoms with E-state index in [1.807, 2.05) is 6.08 Å². The van der Waals surface area contributed by atoms with Crippen LogP contribution >= 0.6 is 0 Å². The van der Waals surface area contributed by atoms with Crippen LogP contribution in [0.25, 0.3) is 0 Å². The van der Waals surface area contributed by atoms with E-state index in [4.69, 9.17) is 4.74 Å². The van der Waals surface area contributed by atoms with Gasteiger partial charge in [-0.15, -0.1) is 0 Å². The molecule has 0 N–H and O–H groups in total. The Morgan fingerprint density at radius 2 is 1.78 bits per heavy atom. The lowest BCUT2D eigenvalue weighted by Crippen LogP contribution is -2.51. The second kappa shape index (κ2) is 11.4. The fourth-order valence-electron chi connectivity index (χ4n) is 9.39. The van der Waals surface area contributed by atoms with E-state index in [-0.39, 0.29) is 12.1 Å². The van der Waals surface area contributed by atoms with Gasteiger partial charge in [0.05, 0.1) is 0 Å². The van der Waals surface area contributed by atoms with E-state index in [0.29, 0.717) is 16.7 Å². The molecule has 0 aromatic heterocycles. The monoisotopic (exact) mass is 496 g/mol. The zero-order valence-electron chi connectivity index (χ0n) is 24.7. The van der Waals surface area contributed by atoms with Gasteiger partial charge < -0.3 is 4.74 Å². The average molecular weight is 497 g/mol. The maximum atomic E-state index is 12.4. The molecule has 36 heavy (non-hydrogen) atoms. The molecule has 0 amide bonds. The summed E-state index contributed by atoms with van der Waals surface area (Å²) in [4.78, 5) is 12.4. The van der Waals surface area contributed by atoms with E-state index in [0.717, 1.165) is 54.8 Å². The zero-order chi connectivity index (χ0) is 26.1. The normalized spacial score (nSPS) is 39.0. The summed E-state index contributed by atoms with van der Waals surface area (Å²) in [5.74, 6) is 5.66. The molecular formula is C34H56O2. The number of fused-ring (bicyclic) bond motifs is 5. The lowest BCUT2D eigenvalue weighted by molar-refractivity contribution is -0.145. The van der Waals surface area contributed by atoms with Gasteiger partial charge in [0.1, 0.15) is 6.10 Å². The lowest BCUT2D eigenvalue weighted by atomic mass is 9.47. The Bertz CT molecular complexity index is 821. The fraction of sp³-hybridized carbons (Fsp3) is 0.853. The molecule has 0 aliphatic heterocycles. The van der Waals surface area contributed by atoms with E-state index < -0.39 is 0 Å². The highest BCUT2D eigenvalue weighted by Crippen LogP contribution is 2.67. The molecule has 4 aliphatic carbocycles. The van der Waals surface area contributed by atoms with Crippen molar-refractivity contribution in [1.82, 2.24) is 0 Å². The number of hydrogen-bond donors (Lipinski definition) is 0. The summed E-state index contributed by atoms with van der Waals surface area (Å²) < 4.78 is 5.91. The molecule has 2 nitrogen and oxygen atoms in total. The first-order valence-electron chi connectivity index (χ1n) is 15.6. The molecular weight excluding hydrogens is 440 g/mol. The number of ether oxygens (including phenoxy) is 1. The summed E-state index contributed by atoms with van der Waals surface area (Å²) >= 11 is 0. The van der Waals surface area contributed by atoms with Crippen LogP contribution in [0.1, 0.15) is 126 Å². The fourth-order valence-corrected chi connectivity index (χ4v) is 9.39. The van der Waals surface area contributed by atoms with Gasteiger partial charge in [0.2, 0.25) is 0 Å². The molecule has 0 aromatic rings. The second-order valence-corrected chi connectivity index (χ2v) is 14.6. The number of carbonyl (C=O) groups is 1. The van der Waals surface area contributed by atoms with Gasteiger partial charge in [0, 0.05) is 12.5 Å². The van der Waals surface area contributed by atoms with E-state index in [1.54, 1.807) is 11.6 Å². The number of rotatable bonds is 9. The third kappa shape index (κ3) is 5.68. The Morgan fingerprint density at radius 1 is 1.00 bits per heavy atom. The van der Waals surface area contributed by atoms with Gasteiger partial charge in [0.15, 0.2) is 0 Å². The summed E-state index contributed by atoms with van der Waals surface area (Å²) in [5.41, 5.74) is 2.48. The third-order valence-corrected chi connectivity index (χ3v) is 11.4. The Morgan fingerprint density at radius 3 is 2.50 bits per heavy atom. The van der Waals surface area contributed by atoms with Crippen LogP contribution < -0.4 is 0 Å². The second-order valence-electron chi connectivity index (χ2n) is 14.6. The first-order chi connectivity index (χ1) is 17.0. The van der Waals surface area contributed by atoms with Crippen molar-refractivity contribution in [1.29, 1.82) is 0 Å². The minimum absolute atomic E-state index is 0.0634. The largest absolute Gasteiger partial charge is 0.459 e. The first kappa shape index (κ1) is 28.0. The minimum Gasteiger partial charge on any atom is -0.459 e. The summed E-state index contributed by atoms with van der Waals surface area (Å²) in [6.45, 7) is 16.9. The molecule has 2 heteroatoms. The third-order valence-electron chi connectivity index (χ3n) is 11.4. The standard InChI is InChI=1S/C34H56O2/c1-23(2)10-8-12-25(5)29-16-17-30-28-15-14-26-22-27(36-32(35)13-9-11-24(3)4)18-20-33(26,6)31(28)19-21-34(29,30)7/h9,13-14,23-25,27-31H,8,10-12,15-22H2,1-7H3/b13-9+/t25-,27-,28+,29-,30+,31+,33-,34+/m0/s1. The molecule has 8 atom stereocenters. The summed E-state index contributed by atoms with van der Waals surface area (Å²) in [6.07, 6.45) is 21.6. The van der Waals surface area contributed by atoms with Crippen LogP contribution in [0.2, 0.25) is 0 Å². The number of esters is 1. The highest BCUT2D eigenvalue weighted by Gasteiger charge is 2.59. The van der Waals surface area contributed by atoms with Crippen molar-refractivity contribution >= 4 is 5.97 Å². The Labute approximate surface area is 223 Å². The molecule has 4 rings (SSSR count). The Kier molecular flexibility index (Phi) is 8.83. The molecule has 0 unspecified atom stereocenters. The van der Waals surface area contributed by atoms with Crippen molar-refractivity contribution in [2.24, 2.45) is 52.3 Å². The summed E-state index contributed by atoms with van der Waals surface area (Å²) in [5, 5.41) is 0. The topological polar surface area (TPSA) is 26.3 Å². The van der Waals surface area contributed by atoms with Crippen molar-refractivity contribution in [3.8, 4) is 0 Å². The molecule has 204 valence electrons. The lowest BCUT2D eigenvalue weighted by Gasteiger charge is -2.58. The van der Waals surface area contributed by atoms with Crippen LogP contribution in [0.15, 0.2) is 23.8 Å². The molecule has 0 aromatic carbocycles. The van der Waals surface area contributed by atoms with Crippen LogP contribution in [-0.4, -0.2) is 12.1 Å². The van der Waals surface area contributed by atoms with Crippen LogP contribution in [0.5, 0.6) is 0 Å². The van der Waals surface area contributed by atoms with Crippen molar-refractivity contribution < 1.29 is 9.53 Å². The SMILES string of the molecule is CC(C)C/C=C/C(=O)O[C@H]1CC[C@@]2(C)C(=CC[C@@H]3[C@H]4CC[C@@H]([C@@H](C)CCCC(C)C)[C@@]4(C)CC[C@H]32)C1. The van der Waals surface area contributed by atoms with Crippen molar-refractivity contribution in [2.75, 3.05) is 0 Å². The summed E-state index contributed by atoms with van der Waals surface area (Å²) in [7, 11) is 0. The van der Waals surface area contributed by atoms with Gasteiger partial charge in [-0.25, -0.2) is 4.79 Å². The molecule has 0 radical (unpaired) electrons. The van der Waals surface area contributed by atoms with Crippen molar-refractivity contribution in [3.05, 3.63) is 23.8 Å². The van der Waals surface area contributed by atoms with E-state index in [1.165, 1.54) is 57.8 Å². The van der Waals surface area contributed by atoms with Crippen LogP contribution in [0, 0.1) is 52.3 Å². The molecule has 0 spiro atoms. The molecule has 0 bridgehead atoms. The molecule has 3 fully saturated rings. The van der Waals surface area contributed by atoms with Gasteiger partial charge in [0.25, 0.3) is 0 Å². The van der Waals surface area contributed by atoms with Gasteiger partial charge in [-0.05, 0) is 104 Å². The highest BCUT2D eigenvalue weighted by molar-refractivity contribution is 5.82. The van der Waals surface area contributed by atoms with Gasteiger partial charge in [-0.2, -0.15) is 0 Å². The van der Waals surface area contributed by atoms with E-state index in [9.17, 15) is 4.79 Å². The smallest absolute Gasteiger partial charge is 0.330 e. The van der Waals surface area contributed by atoms with Crippen LogP contribution in [0.3, 0.4) is 0 Å². The van der Waals surface area contributed by atoms with Crippen molar-refractivity contribution in [2.45, 2.75) is 132 Å². The summed E-state index contributed by atoms with van der Waals surface area (Å²) in [6, 6.07) is 0. The highest BCUT2D eigenvalue weighted by atomic mass is 16.5. The van der Waals surface area contributed by atoms with E-state index >= 15 is 0 Å². The van der Waals surface area contributed by atoms with Crippen LogP contribution in [0.4, 0.5) is 0 Å². The first-order valence-corrected chi connectivity index (χ1v) is 15.6. The molecule has 4 aliphatic rings. The average Bonchev–Trinajstić information content (AvgIpc) is 3.16. The van der Waals surface area contributed by atoms with E-state index in [2.05, 4.69) is 54.5 Å². The minimum atomic E-state index is -0.147. The number of carbonyl (C=O) groups excluding carboxylic acids is 1. The maximum Gasteiger partial charge on any atom is 0.330 e. The van der Waals surface area contributed by atoms with Gasteiger partial charge in [-0.1, -0.05) is 85.5 Å². The quantitative estimate of drug-likeness (QED) is 0.180. The van der Waals surface area contributed by atoms with Gasteiger partial charge in [-0.3, -0.25) is 0 Å². The molecule has 0 saturated heterocycles.